The van der Waals surface area contributed by atoms with Crippen molar-refractivity contribution in [1.29, 1.82) is 0 Å². The van der Waals surface area contributed by atoms with Crippen LogP contribution >= 0.6 is 15.9 Å². The van der Waals surface area contributed by atoms with Gasteiger partial charge in [0.2, 0.25) is 0 Å². The van der Waals surface area contributed by atoms with Crippen LogP contribution in [-0.4, -0.2) is 18.4 Å². The number of methoxy groups -OCH3 is 1. The smallest absolute Gasteiger partial charge is 0.172 e. The average molecular weight is 322 g/mol. The Kier molecular flexibility index (Phi) is 4.52. The van der Waals surface area contributed by atoms with Crippen molar-refractivity contribution < 1.29 is 14.3 Å². The summed E-state index contributed by atoms with van der Waals surface area (Å²) in [6.07, 6.45) is 2.44. The molecule has 0 unspecified atom stereocenters. The SMILES string of the molecule is COc1cccc(C=O)c1OCc1ccc(Br)cn1. The molecular weight excluding hydrogens is 310 g/mol. The highest BCUT2D eigenvalue weighted by molar-refractivity contribution is 9.10. The normalized spacial score (nSPS) is 10.0. The van der Waals surface area contributed by atoms with Gasteiger partial charge in [-0.1, -0.05) is 6.07 Å². The number of halogens is 1. The quantitative estimate of drug-likeness (QED) is 0.793. The summed E-state index contributed by atoms with van der Waals surface area (Å²) in [5.41, 5.74) is 1.22. The highest BCUT2D eigenvalue weighted by atomic mass is 79.9. The predicted molar refractivity (Wildman–Crippen MR) is 74.7 cm³/mol. The Morgan fingerprint density at radius 2 is 2.16 bits per heavy atom. The van der Waals surface area contributed by atoms with E-state index in [0.29, 0.717) is 17.1 Å². The van der Waals surface area contributed by atoms with Gasteiger partial charge in [-0.25, -0.2) is 0 Å². The molecule has 0 bridgehead atoms. The lowest BCUT2D eigenvalue weighted by molar-refractivity contribution is 0.111. The van der Waals surface area contributed by atoms with E-state index in [9.17, 15) is 4.79 Å². The highest BCUT2D eigenvalue weighted by Crippen LogP contribution is 2.30. The van der Waals surface area contributed by atoms with Crippen LogP contribution in [0.3, 0.4) is 0 Å². The van der Waals surface area contributed by atoms with Gasteiger partial charge in [0.1, 0.15) is 6.61 Å². The predicted octanol–water partition coefficient (Wildman–Crippen LogP) is 3.24. The van der Waals surface area contributed by atoms with E-state index in [4.69, 9.17) is 9.47 Å². The molecular formula is C14H12BrNO3. The van der Waals surface area contributed by atoms with Crippen molar-refractivity contribution in [3.8, 4) is 11.5 Å². The number of carbonyl (C=O) groups is 1. The maximum Gasteiger partial charge on any atom is 0.172 e. The van der Waals surface area contributed by atoms with Gasteiger partial charge in [-0.15, -0.1) is 0 Å². The van der Waals surface area contributed by atoms with Gasteiger partial charge in [0.25, 0.3) is 0 Å². The van der Waals surface area contributed by atoms with Gasteiger partial charge < -0.3 is 9.47 Å². The Hall–Kier alpha value is -1.88. The molecule has 0 fully saturated rings. The second-order valence-electron chi connectivity index (χ2n) is 3.75. The first-order valence-corrected chi connectivity index (χ1v) is 6.39. The third-order valence-corrected chi connectivity index (χ3v) is 2.98. The van der Waals surface area contributed by atoms with Crippen LogP contribution < -0.4 is 9.47 Å². The Morgan fingerprint density at radius 3 is 2.79 bits per heavy atom. The summed E-state index contributed by atoms with van der Waals surface area (Å²) in [5, 5.41) is 0. The first-order valence-electron chi connectivity index (χ1n) is 5.60. The molecule has 1 heterocycles. The van der Waals surface area contributed by atoms with Crippen molar-refractivity contribution in [2.24, 2.45) is 0 Å². The molecule has 0 spiro atoms. The van der Waals surface area contributed by atoms with Crippen molar-refractivity contribution in [3.05, 3.63) is 52.3 Å². The number of hydrogen-bond donors (Lipinski definition) is 0. The summed E-state index contributed by atoms with van der Waals surface area (Å²) in [6.45, 7) is 0.272. The van der Waals surface area contributed by atoms with Crippen LogP contribution in [0.4, 0.5) is 0 Å². The van der Waals surface area contributed by atoms with Crippen LogP contribution in [0.15, 0.2) is 41.0 Å². The van der Waals surface area contributed by atoms with Crippen molar-refractivity contribution in [2.75, 3.05) is 7.11 Å². The zero-order valence-electron chi connectivity index (χ0n) is 10.3. The molecule has 0 saturated heterocycles. The van der Waals surface area contributed by atoms with E-state index in [1.807, 2.05) is 12.1 Å². The molecule has 0 atom stereocenters. The molecule has 98 valence electrons. The van der Waals surface area contributed by atoms with Gasteiger partial charge in [-0.05, 0) is 40.2 Å². The number of rotatable bonds is 5. The molecule has 0 aliphatic rings. The van der Waals surface area contributed by atoms with Crippen LogP contribution in [0.5, 0.6) is 11.5 Å². The first-order chi connectivity index (χ1) is 9.24. The van der Waals surface area contributed by atoms with E-state index >= 15 is 0 Å². The number of pyridine rings is 1. The van der Waals surface area contributed by atoms with E-state index in [0.717, 1.165) is 16.5 Å². The monoisotopic (exact) mass is 321 g/mol. The number of aldehydes is 1. The minimum atomic E-state index is 0.272. The minimum absolute atomic E-state index is 0.272. The summed E-state index contributed by atoms with van der Waals surface area (Å²) in [5.74, 6) is 0.964. The summed E-state index contributed by atoms with van der Waals surface area (Å²) >= 11 is 3.32. The largest absolute Gasteiger partial charge is 0.493 e. The lowest BCUT2D eigenvalue weighted by Crippen LogP contribution is -2.02. The van der Waals surface area contributed by atoms with Gasteiger partial charge in [-0.2, -0.15) is 0 Å². The van der Waals surface area contributed by atoms with E-state index < -0.39 is 0 Å². The van der Waals surface area contributed by atoms with Crippen molar-refractivity contribution in [1.82, 2.24) is 4.98 Å². The zero-order chi connectivity index (χ0) is 13.7. The lowest BCUT2D eigenvalue weighted by Gasteiger charge is -2.12. The second-order valence-corrected chi connectivity index (χ2v) is 4.67. The number of carbonyl (C=O) groups excluding carboxylic acids is 1. The molecule has 0 amide bonds. The van der Waals surface area contributed by atoms with Crippen molar-refractivity contribution >= 4 is 22.2 Å². The fourth-order valence-corrected chi connectivity index (χ4v) is 1.81. The maximum atomic E-state index is 11.0. The molecule has 0 aliphatic carbocycles. The van der Waals surface area contributed by atoms with E-state index in [-0.39, 0.29) is 6.61 Å². The van der Waals surface area contributed by atoms with E-state index in [1.165, 1.54) is 7.11 Å². The first kappa shape index (κ1) is 13.5. The summed E-state index contributed by atoms with van der Waals surface area (Å²) in [6, 6.07) is 8.90. The summed E-state index contributed by atoms with van der Waals surface area (Å²) in [7, 11) is 1.54. The van der Waals surface area contributed by atoms with Crippen LogP contribution in [0.1, 0.15) is 16.1 Å². The Balaban J connectivity index is 2.18. The van der Waals surface area contributed by atoms with Crippen molar-refractivity contribution in [2.45, 2.75) is 6.61 Å². The van der Waals surface area contributed by atoms with Gasteiger partial charge >= 0.3 is 0 Å². The van der Waals surface area contributed by atoms with E-state index in [1.54, 1.807) is 24.4 Å². The molecule has 0 saturated carbocycles. The molecule has 2 rings (SSSR count). The average Bonchev–Trinajstić information content (AvgIpc) is 2.46. The number of ether oxygens (including phenoxy) is 2. The van der Waals surface area contributed by atoms with Gasteiger partial charge in [0, 0.05) is 10.7 Å². The number of aromatic nitrogens is 1. The highest BCUT2D eigenvalue weighted by Gasteiger charge is 2.10. The molecule has 5 heteroatoms. The summed E-state index contributed by atoms with van der Waals surface area (Å²) < 4.78 is 11.7. The number of hydrogen-bond acceptors (Lipinski definition) is 4. The molecule has 4 nitrogen and oxygen atoms in total. The van der Waals surface area contributed by atoms with Crippen LogP contribution in [0.2, 0.25) is 0 Å². The minimum Gasteiger partial charge on any atom is -0.493 e. The van der Waals surface area contributed by atoms with Gasteiger partial charge in [-0.3, -0.25) is 9.78 Å². The number of para-hydroxylation sites is 1. The van der Waals surface area contributed by atoms with Crippen LogP contribution in [-0.2, 0) is 6.61 Å². The third-order valence-electron chi connectivity index (χ3n) is 2.51. The van der Waals surface area contributed by atoms with Gasteiger partial charge in [0.05, 0.1) is 18.4 Å². The Morgan fingerprint density at radius 1 is 1.32 bits per heavy atom. The van der Waals surface area contributed by atoms with Crippen LogP contribution in [0.25, 0.3) is 0 Å². The fourth-order valence-electron chi connectivity index (χ4n) is 1.58. The molecule has 0 radical (unpaired) electrons. The standard InChI is InChI=1S/C14H12BrNO3/c1-18-13-4-2-3-10(8-17)14(13)19-9-12-6-5-11(15)7-16-12/h2-8H,9H2,1H3. The molecule has 1 aromatic carbocycles. The molecule has 19 heavy (non-hydrogen) atoms. The fraction of sp³-hybridized carbons (Fsp3) is 0.143. The third kappa shape index (κ3) is 3.32. The van der Waals surface area contributed by atoms with Crippen molar-refractivity contribution in [3.63, 3.8) is 0 Å². The molecule has 1 aromatic heterocycles. The maximum absolute atomic E-state index is 11.0. The van der Waals surface area contributed by atoms with E-state index in [2.05, 4.69) is 20.9 Å². The lowest BCUT2D eigenvalue weighted by atomic mass is 10.2. The Labute approximate surface area is 119 Å². The Bertz CT molecular complexity index is 569. The molecule has 0 N–H and O–H groups in total. The number of benzene rings is 1. The summed E-state index contributed by atoms with van der Waals surface area (Å²) in [4.78, 5) is 15.2. The zero-order valence-corrected chi connectivity index (χ0v) is 11.9. The molecule has 2 aromatic rings. The number of nitrogens with zero attached hydrogens (tertiary/aromatic N) is 1. The van der Waals surface area contributed by atoms with Gasteiger partial charge in [0.15, 0.2) is 17.8 Å². The van der Waals surface area contributed by atoms with Crippen LogP contribution in [0, 0.1) is 0 Å². The second kappa shape index (κ2) is 6.33. The molecule has 0 aliphatic heterocycles. The topological polar surface area (TPSA) is 48.4 Å².